The number of benzene rings is 1. The lowest BCUT2D eigenvalue weighted by molar-refractivity contribution is -0.144. The van der Waals surface area contributed by atoms with Crippen LogP contribution in [0.4, 0.5) is 5.69 Å². The molecule has 1 aromatic rings. The second kappa shape index (κ2) is 10.2. The Hall–Kier alpha value is -2.45. The van der Waals surface area contributed by atoms with Crippen molar-refractivity contribution in [1.82, 2.24) is 10.6 Å². The maximum absolute atomic E-state index is 12.8. The number of ether oxygens (including phenoxy) is 2. The summed E-state index contributed by atoms with van der Waals surface area (Å²) in [7, 11) is 1.60. The normalized spacial score (nSPS) is 16.7. The number of carbonyl (C=O) groups is 3. The van der Waals surface area contributed by atoms with Gasteiger partial charge in [-0.15, -0.1) is 0 Å². The number of esters is 1. The summed E-state index contributed by atoms with van der Waals surface area (Å²) in [6, 6.07) is 5.82. The number of rotatable bonds is 8. The third-order valence-corrected chi connectivity index (χ3v) is 4.86. The van der Waals surface area contributed by atoms with Crippen molar-refractivity contribution in [3.63, 3.8) is 0 Å². The van der Waals surface area contributed by atoms with E-state index < -0.39 is 17.4 Å². The van der Waals surface area contributed by atoms with Crippen molar-refractivity contribution >= 4 is 23.5 Å². The third-order valence-electron chi connectivity index (χ3n) is 4.86. The van der Waals surface area contributed by atoms with E-state index >= 15 is 0 Å². The Morgan fingerprint density at radius 3 is 2.39 bits per heavy atom. The Morgan fingerprint density at radius 1 is 1.18 bits per heavy atom. The van der Waals surface area contributed by atoms with Gasteiger partial charge in [-0.25, -0.2) is 4.79 Å². The minimum atomic E-state index is -0.736. The van der Waals surface area contributed by atoms with Crippen LogP contribution < -0.4 is 16.0 Å². The molecule has 1 heterocycles. The van der Waals surface area contributed by atoms with Crippen LogP contribution in [0.25, 0.3) is 0 Å². The summed E-state index contributed by atoms with van der Waals surface area (Å²) in [5.74, 6) is -0.943. The SMILES string of the molecule is CCOC(=O)C(C)NC(=O)c1ccc(NC(=O)C2(COC)CCNCC2)cc1. The molecule has 8 heteroatoms. The van der Waals surface area contributed by atoms with E-state index in [1.54, 1.807) is 45.2 Å². The fraction of sp³-hybridized carbons (Fsp3) is 0.550. The quantitative estimate of drug-likeness (QED) is 0.577. The molecule has 0 radical (unpaired) electrons. The van der Waals surface area contributed by atoms with Crippen molar-refractivity contribution in [2.75, 3.05) is 38.7 Å². The lowest BCUT2D eigenvalue weighted by atomic mass is 9.78. The van der Waals surface area contributed by atoms with Crippen molar-refractivity contribution in [1.29, 1.82) is 0 Å². The molecule has 1 unspecified atom stereocenters. The molecule has 2 rings (SSSR count). The number of carbonyl (C=O) groups excluding carboxylic acids is 3. The first kappa shape index (κ1) is 21.8. The topological polar surface area (TPSA) is 106 Å². The monoisotopic (exact) mass is 391 g/mol. The maximum atomic E-state index is 12.8. The molecule has 0 aromatic heterocycles. The second-order valence-electron chi connectivity index (χ2n) is 6.94. The van der Waals surface area contributed by atoms with E-state index in [2.05, 4.69) is 16.0 Å². The molecule has 0 aliphatic carbocycles. The van der Waals surface area contributed by atoms with E-state index in [1.165, 1.54) is 0 Å². The molecular formula is C20H29N3O5. The van der Waals surface area contributed by atoms with Crippen LogP contribution in [-0.4, -0.2) is 57.2 Å². The lowest BCUT2D eigenvalue weighted by Gasteiger charge is -2.35. The fourth-order valence-electron chi connectivity index (χ4n) is 3.19. The Balaban J connectivity index is 1.98. The summed E-state index contributed by atoms with van der Waals surface area (Å²) in [6.45, 7) is 5.45. The van der Waals surface area contributed by atoms with Gasteiger partial charge in [-0.1, -0.05) is 0 Å². The first-order chi connectivity index (χ1) is 13.4. The summed E-state index contributed by atoms with van der Waals surface area (Å²) >= 11 is 0. The number of hydrogen-bond acceptors (Lipinski definition) is 6. The van der Waals surface area contributed by atoms with Crippen LogP contribution in [0, 0.1) is 5.41 Å². The van der Waals surface area contributed by atoms with Crippen molar-refractivity contribution in [2.45, 2.75) is 32.7 Å². The van der Waals surface area contributed by atoms with Crippen molar-refractivity contribution in [3.8, 4) is 0 Å². The summed E-state index contributed by atoms with van der Waals surface area (Å²) in [5.41, 5.74) is 0.446. The molecule has 1 atom stereocenters. The number of piperidine rings is 1. The summed E-state index contributed by atoms with van der Waals surface area (Å²) in [5, 5.41) is 8.77. The first-order valence-corrected chi connectivity index (χ1v) is 9.50. The Kier molecular flexibility index (Phi) is 7.95. The number of methoxy groups -OCH3 is 1. The van der Waals surface area contributed by atoms with E-state index in [0.29, 0.717) is 30.7 Å². The zero-order valence-electron chi connectivity index (χ0n) is 16.7. The molecule has 2 amide bonds. The molecule has 0 bridgehead atoms. The van der Waals surface area contributed by atoms with E-state index in [1.807, 2.05) is 0 Å². The maximum Gasteiger partial charge on any atom is 0.328 e. The van der Waals surface area contributed by atoms with Gasteiger partial charge in [0.2, 0.25) is 5.91 Å². The first-order valence-electron chi connectivity index (χ1n) is 9.50. The standard InChI is InChI=1S/C20H29N3O5/c1-4-28-18(25)14(2)22-17(24)15-5-7-16(8-6-15)23-19(26)20(13-27-3)9-11-21-12-10-20/h5-8,14,21H,4,9-13H2,1-3H3,(H,22,24)(H,23,26). The second-order valence-corrected chi connectivity index (χ2v) is 6.94. The molecule has 1 fully saturated rings. The minimum Gasteiger partial charge on any atom is -0.464 e. The van der Waals surface area contributed by atoms with Gasteiger partial charge in [0.25, 0.3) is 5.91 Å². The van der Waals surface area contributed by atoms with Crippen LogP contribution in [0.1, 0.15) is 37.0 Å². The number of nitrogens with one attached hydrogen (secondary N) is 3. The van der Waals surface area contributed by atoms with Crippen LogP contribution in [0.2, 0.25) is 0 Å². The van der Waals surface area contributed by atoms with Crippen molar-refractivity contribution in [3.05, 3.63) is 29.8 Å². The molecule has 1 aromatic carbocycles. The van der Waals surface area contributed by atoms with Gasteiger partial charge in [0.15, 0.2) is 0 Å². The van der Waals surface area contributed by atoms with E-state index in [0.717, 1.165) is 13.1 Å². The fourth-order valence-corrected chi connectivity index (χ4v) is 3.19. The number of amides is 2. The zero-order chi connectivity index (χ0) is 20.6. The largest absolute Gasteiger partial charge is 0.464 e. The van der Waals surface area contributed by atoms with E-state index in [4.69, 9.17) is 9.47 Å². The minimum absolute atomic E-state index is 0.0796. The summed E-state index contributed by atoms with van der Waals surface area (Å²) in [4.78, 5) is 36.7. The van der Waals surface area contributed by atoms with Gasteiger partial charge in [-0.05, 0) is 64.0 Å². The Morgan fingerprint density at radius 2 is 1.82 bits per heavy atom. The highest BCUT2D eigenvalue weighted by molar-refractivity contribution is 5.98. The molecule has 3 N–H and O–H groups in total. The van der Waals surface area contributed by atoms with E-state index in [9.17, 15) is 14.4 Å². The highest BCUT2D eigenvalue weighted by Gasteiger charge is 2.39. The molecule has 0 saturated carbocycles. The number of anilines is 1. The average Bonchev–Trinajstić information content (AvgIpc) is 2.69. The predicted molar refractivity (Wildman–Crippen MR) is 105 cm³/mol. The molecular weight excluding hydrogens is 362 g/mol. The van der Waals surface area contributed by atoms with Gasteiger partial charge in [0.05, 0.1) is 18.6 Å². The smallest absolute Gasteiger partial charge is 0.328 e. The molecule has 8 nitrogen and oxygen atoms in total. The van der Waals surface area contributed by atoms with Crippen molar-refractivity contribution < 1.29 is 23.9 Å². The lowest BCUT2D eigenvalue weighted by Crippen LogP contribution is -2.47. The molecule has 1 saturated heterocycles. The van der Waals surface area contributed by atoms with Crippen LogP contribution in [0.5, 0.6) is 0 Å². The summed E-state index contributed by atoms with van der Waals surface area (Å²) in [6.07, 6.45) is 1.41. The van der Waals surface area contributed by atoms with E-state index in [-0.39, 0.29) is 18.4 Å². The van der Waals surface area contributed by atoms with Gasteiger partial charge in [-0.3, -0.25) is 9.59 Å². The van der Waals surface area contributed by atoms with Crippen molar-refractivity contribution in [2.24, 2.45) is 5.41 Å². The van der Waals surface area contributed by atoms with Crippen LogP contribution in [0.3, 0.4) is 0 Å². The van der Waals surface area contributed by atoms with Crippen LogP contribution in [0.15, 0.2) is 24.3 Å². The average molecular weight is 391 g/mol. The molecule has 154 valence electrons. The molecule has 0 spiro atoms. The Labute approximate surface area is 165 Å². The van der Waals surface area contributed by atoms with Gasteiger partial charge < -0.3 is 25.4 Å². The van der Waals surface area contributed by atoms with Gasteiger partial charge in [-0.2, -0.15) is 0 Å². The zero-order valence-corrected chi connectivity index (χ0v) is 16.7. The van der Waals surface area contributed by atoms with Gasteiger partial charge >= 0.3 is 5.97 Å². The summed E-state index contributed by atoms with van der Waals surface area (Å²) < 4.78 is 10.2. The molecule has 1 aliphatic rings. The highest BCUT2D eigenvalue weighted by Crippen LogP contribution is 2.31. The van der Waals surface area contributed by atoms with Crippen LogP contribution >= 0.6 is 0 Å². The van der Waals surface area contributed by atoms with Crippen LogP contribution in [-0.2, 0) is 19.1 Å². The van der Waals surface area contributed by atoms with Gasteiger partial charge in [0, 0.05) is 18.4 Å². The molecule has 1 aliphatic heterocycles. The molecule has 28 heavy (non-hydrogen) atoms. The third kappa shape index (κ3) is 5.53. The predicted octanol–water partition coefficient (Wildman–Crippen LogP) is 1.32. The number of hydrogen-bond donors (Lipinski definition) is 3. The highest BCUT2D eigenvalue weighted by atomic mass is 16.5. The van der Waals surface area contributed by atoms with Gasteiger partial charge in [0.1, 0.15) is 6.04 Å². The Bertz CT molecular complexity index is 678.